The van der Waals surface area contributed by atoms with Crippen LogP contribution in [0.15, 0.2) is 28.6 Å². The average molecular weight is 487 g/mol. The Bertz CT molecular complexity index is 726. The molecule has 0 aliphatic heterocycles. The quantitative estimate of drug-likeness (QED) is 0.380. The van der Waals surface area contributed by atoms with Crippen LogP contribution in [0.1, 0.15) is 28.8 Å². The van der Waals surface area contributed by atoms with Gasteiger partial charge in [-0.2, -0.15) is 0 Å². The van der Waals surface area contributed by atoms with Crippen molar-refractivity contribution in [1.29, 1.82) is 0 Å². The number of guanidine groups is 1. The number of benzene rings is 1. The lowest BCUT2D eigenvalue weighted by atomic mass is 10.1. The number of rotatable bonds is 6. The Hall–Kier alpha value is -1.35. The summed E-state index contributed by atoms with van der Waals surface area (Å²) >= 11 is 1.69. The van der Waals surface area contributed by atoms with Gasteiger partial charge in [0, 0.05) is 38.8 Å². The number of anilines is 1. The smallest absolute Gasteiger partial charge is 0.194 e. The van der Waals surface area contributed by atoms with Crippen LogP contribution in [0.5, 0.6) is 0 Å². The summed E-state index contributed by atoms with van der Waals surface area (Å²) in [5, 5.41) is 6.58. The molecule has 1 aromatic heterocycles. The fourth-order valence-corrected chi connectivity index (χ4v) is 3.17. The molecule has 0 aliphatic rings. The minimum atomic E-state index is 0. The number of nitrogens with zero attached hydrogens (tertiary/aromatic N) is 4. The van der Waals surface area contributed by atoms with E-state index in [2.05, 4.69) is 78.7 Å². The third-order valence-corrected chi connectivity index (χ3v) is 4.83. The molecule has 26 heavy (non-hydrogen) atoms. The summed E-state index contributed by atoms with van der Waals surface area (Å²) in [4.78, 5) is 13.6. The van der Waals surface area contributed by atoms with Crippen molar-refractivity contribution in [3.05, 3.63) is 45.4 Å². The normalized spacial score (nSPS) is 11.1. The molecule has 1 heterocycles. The van der Waals surface area contributed by atoms with Crippen molar-refractivity contribution < 1.29 is 0 Å². The highest BCUT2D eigenvalue weighted by Gasteiger charge is 2.09. The zero-order valence-electron chi connectivity index (χ0n) is 16.5. The average Bonchev–Trinajstić information content (AvgIpc) is 2.97. The van der Waals surface area contributed by atoms with Gasteiger partial charge in [-0.25, -0.2) is 9.98 Å². The molecule has 0 aliphatic carbocycles. The van der Waals surface area contributed by atoms with Crippen molar-refractivity contribution in [3.63, 3.8) is 0 Å². The lowest BCUT2D eigenvalue weighted by Gasteiger charge is -2.21. The second-order valence-corrected chi connectivity index (χ2v) is 7.45. The molecule has 2 rings (SSSR count). The van der Waals surface area contributed by atoms with Gasteiger partial charge >= 0.3 is 0 Å². The molecule has 0 radical (unpaired) electrons. The van der Waals surface area contributed by atoms with Crippen LogP contribution in [0.4, 0.5) is 5.69 Å². The second kappa shape index (κ2) is 10.7. The summed E-state index contributed by atoms with van der Waals surface area (Å²) in [7, 11) is 6.17. The highest BCUT2D eigenvalue weighted by Crippen LogP contribution is 2.18. The molecule has 0 spiro atoms. The molecule has 0 saturated heterocycles. The number of hydrogen-bond acceptors (Lipinski definition) is 4. The number of aliphatic imine (C=N–C) groups is 1. The van der Waals surface area contributed by atoms with Crippen molar-refractivity contribution in [2.75, 3.05) is 32.6 Å². The maximum atomic E-state index is 4.82. The Balaban J connectivity index is 0.00000338. The van der Waals surface area contributed by atoms with Crippen LogP contribution in [-0.4, -0.2) is 43.5 Å². The van der Waals surface area contributed by atoms with Crippen molar-refractivity contribution in [1.82, 2.24) is 15.2 Å². The number of halogens is 1. The van der Waals surface area contributed by atoms with Crippen LogP contribution in [0.25, 0.3) is 0 Å². The molecule has 2 aromatic rings. The van der Waals surface area contributed by atoms with E-state index in [9.17, 15) is 0 Å². The lowest BCUT2D eigenvalue weighted by molar-refractivity contribution is 0.470. The van der Waals surface area contributed by atoms with Crippen molar-refractivity contribution in [2.24, 2.45) is 4.99 Å². The molecule has 1 N–H and O–H groups in total. The predicted octanol–water partition coefficient (Wildman–Crippen LogP) is 4.04. The van der Waals surface area contributed by atoms with Gasteiger partial charge in [-0.15, -0.1) is 35.3 Å². The molecule has 0 fully saturated rings. The standard InChI is InChI=1S/C19H29N5S.HI/c1-7-20-19(24(6)12-17-13-25-15(3)22-17)21-11-16-8-9-18(23(4)5)10-14(16)2;/h8-10,13H,7,11-12H2,1-6H3,(H,20,21);1H. The molecule has 0 atom stereocenters. The van der Waals surface area contributed by atoms with Crippen LogP contribution >= 0.6 is 35.3 Å². The zero-order chi connectivity index (χ0) is 18.4. The monoisotopic (exact) mass is 487 g/mol. The predicted molar refractivity (Wildman–Crippen MR) is 124 cm³/mol. The molecule has 144 valence electrons. The summed E-state index contributed by atoms with van der Waals surface area (Å²) < 4.78 is 0. The van der Waals surface area contributed by atoms with Gasteiger partial charge in [0.25, 0.3) is 0 Å². The number of aryl methyl sites for hydroxylation is 2. The Kier molecular flexibility index (Phi) is 9.35. The SMILES string of the molecule is CCNC(=NCc1ccc(N(C)C)cc1C)N(C)Cc1csc(C)n1.I. The molecule has 1 aromatic carbocycles. The highest BCUT2D eigenvalue weighted by molar-refractivity contribution is 14.0. The van der Waals surface area contributed by atoms with Gasteiger partial charge in [-0.3, -0.25) is 0 Å². The van der Waals surface area contributed by atoms with E-state index in [0.717, 1.165) is 29.8 Å². The summed E-state index contributed by atoms with van der Waals surface area (Å²) in [5.74, 6) is 0.907. The highest BCUT2D eigenvalue weighted by atomic mass is 127. The molecule has 0 amide bonds. The first-order chi connectivity index (χ1) is 11.9. The van der Waals surface area contributed by atoms with Crippen molar-refractivity contribution >= 4 is 47.0 Å². The summed E-state index contributed by atoms with van der Waals surface area (Å²) in [6.07, 6.45) is 0. The van der Waals surface area contributed by atoms with Crippen LogP contribution in [0.2, 0.25) is 0 Å². The van der Waals surface area contributed by atoms with E-state index < -0.39 is 0 Å². The Morgan fingerprint density at radius 2 is 1.96 bits per heavy atom. The minimum Gasteiger partial charge on any atom is -0.378 e. The van der Waals surface area contributed by atoms with Gasteiger partial charge < -0.3 is 15.1 Å². The lowest BCUT2D eigenvalue weighted by Crippen LogP contribution is -2.38. The third kappa shape index (κ3) is 6.42. The van der Waals surface area contributed by atoms with Crippen molar-refractivity contribution in [3.8, 4) is 0 Å². The van der Waals surface area contributed by atoms with Crippen LogP contribution < -0.4 is 10.2 Å². The molecule has 0 saturated carbocycles. The Labute approximate surface area is 178 Å². The minimum absolute atomic E-state index is 0. The largest absolute Gasteiger partial charge is 0.378 e. The second-order valence-electron chi connectivity index (χ2n) is 6.39. The van der Waals surface area contributed by atoms with Gasteiger partial charge in [-0.1, -0.05) is 6.07 Å². The number of thiazole rings is 1. The Morgan fingerprint density at radius 3 is 2.50 bits per heavy atom. The fourth-order valence-electron chi connectivity index (χ4n) is 2.56. The van der Waals surface area contributed by atoms with E-state index in [1.165, 1.54) is 16.8 Å². The Morgan fingerprint density at radius 1 is 1.23 bits per heavy atom. The molecule has 5 nitrogen and oxygen atoms in total. The molecular weight excluding hydrogens is 457 g/mol. The molecule has 0 bridgehead atoms. The maximum Gasteiger partial charge on any atom is 0.194 e. The van der Waals surface area contributed by atoms with Gasteiger partial charge in [0.1, 0.15) is 0 Å². The van der Waals surface area contributed by atoms with E-state index in [4.69, 9.17) is 4.99 Å². The molecule has 0 unspecified atom stereocenters. The zero-order valence-corrected chi connectivity index (χ0v) is 19.7. The topological polar surface area (TPSA) is 43.8 Å². The van der Waals surface area contributed by atoms with E-state index in [-0.39, 0.29) is 24.0 Å². The summed E-state index contributed by atoms with van der Waals surface area (Å²) in [6, 6.07) is 6.52. The van der Waals surface area contributed by atoms with Crippen LogP contribution in [0, 0.1) is 13.8 Å². The summed E-state index contributed by atoms with van der Waals surface area (Å²) in [6.45, 7) is 8.54. The number of nitrogens with one attached hydrogen (secondary N) is 1. The first kappa shape index (κ1) is 22.7. The van der Waals surface area contributed by atoms with E-state index in [1.807, 2.05) is 6.92 Å². The van der Waals surface area contributed by atoms with E-state index in [1.54, 1.807) is 11.3 Å². The van der Waals surface area contributed by atoms with E-state index in [0.29, 0.717) is 6.54 Å². The molecular formula is C19H30IN5S. The summed E-state index contributed by atoms with van der Waals surface area (Å²) in [5.41, 5.74) is 4.82. The number of hydrogen-bond donors (Lipinski definition) is 1. The van der Waals surface area contributed by atoms with Crippen LogP contribution in [-0.2, 0) is 13.1 Å². The van der Waals surface area contributed by atoms with Gasteiger partial charge in [0.2, 0.25) is 0 Å². The van der Waals surface area contributed by atoms with Gasteiger partial charge in [0.15, 0.2) is 5.96 Å². The number of aromatic nitrogens is 1. The van der Waals surface area contributed by atoms with Crippen molar-refractivity contribution in [2.45, 2.75) is 33.9 Å². The maximum absolute atomic E-state index is 4.82. The van der Waals surface area contributed by atoms with Gasteiger partial charge in [0.05, 0.1) is 23.8 Å². The van der Waals surface area contributed by atoms with Crippen LogP contribution in [0.3, 0.4) is 0 Å². The molecule has 7 heteroatoms. The van der Waals surface area contributed by atoms with E-state index >= 15 is 0 Å². The van der Waals surface area contributed by atoms with Gasteiger partial charge in [-0.05, 0) is 44.0 Å². The first-order valence-electron chi connectivity index (χ1n) is 8.58. The fraction of sp³-hybridized carbons (Fsp3) is 0.474. The first-order valence-corrected chi connectivity index (χ1v) is 9.46. The third-order valence-electron chi connectivity index (χ3n) is 4.00.